The van der Waals surface area contributed by atoms with Crippen LogP contribution in [0.4, 0.5) is 28.7 Å². The maximum Gasteiger partial charge on any atom is 0.163 e. The number of ether oxygens (including phenoxy) is 2. The lowest BCUT2D eigenvalue weighted by Gasteiger charge is -2.19. The van der Waals surface area contributed by atoms with Crippen LogP contribution >= 0.6 is 0 Å². The topological polar surface area (TPSA) is 71.5 Å². The van der Waals surface area contributed by atoms with E-state index in [9.17, 15) is 0 Å². The molecule has 0 atom stereocenters. The van der Waals surface area contributed by atoms with E-state index in [0.717, 1.165) is 34.4 Å². The molecule has 2 aromatic carbocycles. The molecule has 0 bridgehead atoms. The highest BCUT2D eigenvalue weighted by Crippen LogP contribution is 2.33. The third-order valence-corrected chi connectivity index (χ3v) is 4.31. The molecule has 7 heteroatoms. The van der Waals surface area contributed by atoms with Crippen molar-refractivity contribution in [2.24, 2.45) is 0 Å². The number of aromatic nitrogens is 2. The molecule has 2 heterocycles. The Labute approximate surface area is 164 Å². The molecule has 1 aliphatic rings. The van der Waals surface area contributed by atoms with Gasteiger partial charge >= 0.3 is 0 Å². The second-order valence-corrected chi connectivity index (χ2v) is 6.74. The van der Waals surface area contributed by atoms with Crippen LogP contribution in [0.1, 0.15) is 5.82 Å². The van der Waals surface area contributed by atoms with E-state index in [1.165, 1.54) is 0 Å². The summed E-state index contributed by atoms with van der Waals surface area (Å²) >= 11 is 0. The number of benzene rings is 2. The number of nitrogens with one attached hydrogen (secondary N) is 2. The summed E-state index contributed by atoms with van der Waals surface area (Å²) in [6, 6.07) is 15.8. The summed E-state index contributed by atoms with van der Waals surface area (Å²) < 4.78 is 11.2. The summed E-state index contributed by atoms with van der Waals surface area (Å²) in [7, 11) is 4.04. The average Bonchev–Trinajstić information content (AvgIpc) is 2.68. The standard InChI is InChI=1S/C21H23N5O2/c1-14-22-20(24-15-4-7-17(8-5-15)26(2)3)13-21(23-14)25-16-6-9-18-19(12-16)28-11-10-27-18/h4-9,12-13H,10-11H2,1-3H3,(H2,22,23,24,25). The zero-order valence-corrected chi connectivity index (χ0v) is 16.2. The Morgan fingerprint density at radius 3 is 2.07 bits per heavy atom. The van der Waals surface area contributed by atoms with E-state index < -0.39 is 0 Å². The van der Waals surface area contributed by atoms with Crippen molar-refractivity contribution in [2.75, 3.05) is 42.8 Å². The first-order chi connectivity index (χ1) is 13.6. The fraction of sp³-hybridized carbons (Fsp3) is 0.238. The number of hydrogen-bond donors (Lipinski definition) is 2. The van der Waals surface area contributed by atoms with Gasteiger partial charge in [-0.05, 0) is 43.3 Å². The fourth-order valence-electron chi connectivity index (χ4n) is 2.96. The Hall–Kier alpha value is -3.48. The maximum absolute atomic E-state index is 5.64. The molecular weight excluding hydrogens is 354 g/mol. The quantitative estimate of drug-likeness (QED) is 0.693. The van der Waals surface area contributed by atoms with E-state index in [-0.39, 0.29) is 0 Å². The zero-order valence-electron chi connectivity index (χ0n) is 16.2. The number of fused-ring (bicyclic) bond motifs is 1. The Kier molecular flexibility index (Phi) is 4.89. The number of anilines is 5. The molecule has 1 aliphatic heterocycles. The lowest BCUT2D eigenvalue weighted by atomic mass is 10.2. The Bertz CT molecular complexity index is 973. The van der Waals surface area contributed by atoms with Crippen LogP contribution in [0.15, 0.2) is 48.5 Å². The van der Waals surface area contributed by atoms with Crippen LogP contribution in [-0.2, 0) is 0 Å². The highest BCUT2D eigenvalue weighted by atomic mass is 16.6. The number of nitrogens with zero attached hydrogens (tertiary/aromatic N) is 3. The smallest absolute Gasteiger partial charge is 0.163 e. The summed E-state index contributed by atoms with van der Waals surface area (Å²) in [6.07, 6.45) is 0. The van der Waals surface area contributed by atoms with Crippen LogP contribution in [0, 0.1) is 6.92 Å². The molecule has 0 spiro atoms. The van der Waals surface area contributed by atoms with Crippen molar-refractivity contribution in [1.82, 2.24) is 9.97 Å². The van der Waals surface area contributed by atoms with Gasteiger partial charge < -0.3 is 25.0 Å². The minimum atomic E-state index is 0.559. The largest absolute Gasteiger partial charge is 0.486 e. The van der Waals surface area contributed by atoms with Gasteiger partial charge in [-0.25, -0.2) is 9.97 Å². The number of rotatable bonds is 5. The molecule has 0 saturated heterocycles. The van der Waals surface area contributed by atoms with Crippen molar-refractivity contribution in [3.8, 4) is 11.5 Å². The summed E-state index contributed by atoms with van der Waals surface area (Å²) in [5, 5.41) is 6.64. The van der Waals surface area contributed by atoms with Crippen molar-refractivity contribution in [1.29, 1.82) is 0 Å². The SMILES string of the molecule is Cc1nc(Nc2ccc(N(C)C)cc2)cc(Nc2ccc3c(c2)OCCO3)n1. The van der Waals surface area contributed by atoms with Crippen LogP contribution in [0.25, 0.3) is 0 Å². The molecule has 7 nitrogen and oxygen atoms in total. The van der Waals surface area contributed by atoms with Crippen molar-refractivity contribution < 1.29 is 9.47 Å². The van der Waals surface area contributed by atoms with Gasteiger partial charge in [-0.1, -0.05) is 0 Å². The first kappa shape index (κ1) is 17.9. The molecular formula is C21H23N5O2. The Morgan fingerprint density at radius 1 is 0.786 bits per heavy atom. The summed E-state index contributed by atoms with van der Waals surface area (Å²) in [5.41, 5.74) is 2.99. The van der Waals surface area contributed by atoms with Gasteiger partial charge in [-0.2, -0.15) is 0 Å². The van der Waals surface area contributed by atoms with Gasteiger partial charge in [0, 0.05) is 43.3 Å². The molecule has 2 N–H and O–H groups in total. The third-order valence-electron chi connectivity index (χ3n) is 4.31. The van der Waals surface area contributed by atoms with Crippen molar-refractivity contribution in [3.63, 3.8) is 0 Å². The van der Waals surface area contributed by atoms with E-state index in [1.807, 2.05) is 57.4 Å². The van der Waals surface area contributed by atoms with Crippen LogP contribution in [-0.4, -0.2) is 37.3 Å². The second-order valence-electron chi connectivity index (χ2n) is 6.74. The minimum absolute atomic E-state index is 0.559. The molecule has 1 aromatic heterocycles. The van der Waals surface area contributed by atoms with Crippen molar-refractivity contribution >= 4 is 28.7 Å². The first-order valence-corrected chi connectivity index (χ1v) is 9.13. The highest BCUT2D eigenvalue weighted by Gasteiger charge is 2.12. The van der Waals surface area contributed by atoms with E-state index in [1.54, 1.807) is 0 Å². The van der Waals surface area contributed by atoms with Crippen LogP contribution in [0.2, 0.25) is 0 Å². The second kappa shape index (κ2) is 7.64. The summed E-state index contributed by atoms with van der Waals surface area (Å²) in [6.45, 7) is 3.01. The third kappa shape index (κ3) is 4.09. The van der Waals surface area contributed by atoms with Crippen molar-refractivity contribution in [2.45, 2.75) is 6.92 Å². The first-order valence-electron chi connectivity index (χ1n) is 9.13. The van der Waals surface area contributed by atoms with Crippen LogP contribution in [0.3, 0.4) is 0 Å². The molecule has 0 aliphatic carbocycles. The Morgan fingerprint density at radius 2 is 1.39 bits per heavy atom. The fourth-order valence-corrected chi connectivity index (χ4v) is 2.96. The van der Waals surface area contributed by atoms with Crippen molar-refractivity contribution in [3.05, 3.63) is 54.4 Å². The molecule has 0 unspecified atom stereocenters. The molecule has 0 fully saturated rings. The number of aryl methyl sites for hydroxylation is 1. The highest BCUT2D eigenvalue weighted by molar-refractivity contribution is 5.66. The maximum atomic E-state index is 5.64. The predicted molar refractivity (Wildman–Crippen MR) is 112 cm³/mol. The van der Waals surface area contributed by atoms with Gasteiger partial charge in [0.2, 0.25) is 0 Å². The average molecular weight is 377 g/mol. The zero-order chi connectivity index (χ0) is 19.5. The summed E-state index contributed by atoms with van der Waals surface area (Å²) in [4.78, 5) is 11.0. The van der Waals surface area contributed by atoms with E-state index in [4.69, 9.17) is 9.47 Å². The minimum Gasteiger partial charge on any atom is -0.486 e. The lowest BCUT2D eigenvalue weighted by Crippen LogP contribution is -2.15. The van der Waals surface area contributed by atoms with Crippen LogP contribution in [0.5, 0.6) is 11.5 Å². The monoisotopic (exact) mass is 377 g/mol. The van der Waals surface area contributed by atoms with Gasteiger partial charge in [0.05, 0.1) is 0 Å². The molecule has 28 heavy (non-hydrogen) atoms. The van der Waals surface area contributed by atoms with Gasteiger partial charge in [-0.3, -0.25) is 0 Å². The van der Waals surface area contributed by atoms with E-state index >= 15 is 0 Å². The van der Waals surface area contributed by atoms with Gasteiger partial charge in [0.15, 0.2) is 11.5 Å². The van der Waals surface area contributed by atoms with Crippen LogP contribution < -0.4 is 25.0 Å². The predicted octanol–water partition coefficient (Wildman–Crippen LogP) is 4.11. The normalized spacial score (nSPS) is 12.4. The molecule has 0 radical (unpaired) electrons. The molecule has 3 aromatic rings. The Balaban J connectivity index is 1.52. The lowest BCUT2D eigenvalue weighted by molar-refractivity contribution is 0.171. The molecule has 4 rings (SSSR count). The molecule has 144 valence electrons. The van der Waals surface area contributed by atoms with Gasteiger partial charge in [-0.15, -0.1) is 0 Å². The van der Waals surface area contributed by atoms with E-state index in [2.05, 4.69) is 37.6 Å². The van der Waals surface area contributed by atoms with E-state index in [0.29, 0.717) is 24.9 Å². The summed E-state index contributed by atoms with van der Waals surface area (Å²) in [5.74, 6) is 3.61. The van der Waals surface area contributed by atoms with Gasteiger partial charge in [0.1, 0.15) is 30.7 Å². The number of hydrogen-bond acceptors (Lipinski definition) is 7. The van der Waals surface area contributed by atoms with Gasteiger partial charge in [0.25, 0.3) is 0 Å². The molecule has 0 saturated carbocycles. The molecule has 0 amide bonds.